The van der Waals surface area contributed by atoms with E-state index in [1.54, 1.807) is 0 Å². The summed E-state index contributed by atoms with van der Waals surface area (Å²) in [4.78, 5) is 21.6. The standard InChI is InChI=1S/C62H40N6/c1-5-19-41(20-6-1)55-35-43-23-13-15-31-53(43)67(55)47-37-51-59(65-39-47)57-49(29-17-33-63-57)61(51,45-25-9-3-10-26-45)62(46-27-11-4-12-28-46)50-30-18-34-64-58(50)60-52(62)38-48(40-66-60)68-54-32-16-14-24-44(54)36-56(68)42-21-7-2-8-22-42/h1-40H. The number of hydrogen-bond acceptors (Lipinski definition) is 4. The first-order chi connectivity index (χ1) is 33.7. The molecule has 2 aliphatic carbocycles. The van der Waals surface area contributed by atoms with Crippen LogP contribution in [-0.2, 0) is 10.8 Å². The van der Waals surface area contributed by atoms with Crippen LogP contribution in [0, 0.1) is 0 Å². The van der Waals surface area contributed by atoms with Gasteiger partial charge in [-0.05, 0) is 93.0 Å². The third kappa shape index (κ3) is 5.17. The van der Waals surface area contributed by atoms with E-state index >= 15 is 0 Å². The summed E-state index contributed by atoms with van der Waals surface area (Å²) in [5.41, 5.74) is 16.5. The minimum absolute atomic E-state index is 0.854. The Morgan fingerprint density at radius 3 is 1.10 bits per heavy atom. The molecule has 6 nitrogen and oxygen atoms in total. The first-order valence-corrected chi connectivity index (χ1v) is 23.1. The van der Waals surface area contributed by atoms with Crippen molar-refractivity contribution < 1.29 is 0 Å². The van der Waals surface area contributed by atoms with E-state index in [1.165, 1.54) is 0 Å². The Balaban J connectivity index is 1.15. The molecule has 0 aliphatic heterocycles. The van der Waals surface area contributed by atoms with E-state index in [2.05, 4.69) is 228 Å². The lowest BCUT2D eigenvalue weighted by Crippen LogP contribution is -2.50. The predicted molar refractivity (Wildman–Crippen MR) is 272 cm³/mol. The molecule has 0 N–H and O–H groups in total. The van der Waals surface area contributed by atoms with Gasteiger partial charge in [0.15, 0.2) is 0 Å². The Labute approximate surface area is 393 Å². The summed E-state index contributed by atoms with van der Waals surface area (Å²) in [6, 6.07) is 78.8. The van der Waals surface area contributed by atoms with E-state index in [1.807, 2.05) is 24.8 Å². The summed E-state index contributed by atoms with van der Waals surface area (Å²) < 4.78 is 4.75. The number of hydrogen-bond donors (Lipinski definition) is 0. The van der Waals surface area contributed by atoms with Crippen LogP contribution < -0.4 is 0 Å². The third-order valence-corrected chi connectivity index (χ3v) is 14.5. The molecular formula is C62H40N6. The second kappa shape index (κ2) is 14.8. The molecule has 2 aliphatic rings. The molecule has 6 heterocycles. The van der Waals surface area contributed by atoms with Crippen molar-refractivity contribution in [2.24, 2.45) is 0 Å². The number of nitrogens with zero attached hydrogens (tertiary/aromatic N) is 6. The smallest absolute Gasteiger partial charge is 0.0936 e. The van der Waals surface area contributed by atoms with Gasteiger partial charge < -0.3 is 9.13 Å². The molecule has 0 bridgehead atoms. The Morgan fingerprint density at radius 1 is 0.309 bits per heavy atom. The molecule has 2 atom stereocenters. The van der Waals surface area contributed by atoms with Crippen LogP contribution in [0.4, 0.5) is 0 Å². The molecule has 0 radical (unpaired) electrons. The normalized spacial score (nSPS) is 16.6. The molecule has 0 fully saturated rings. The number of aromatic nitrogens is 6. The van der Waals surface area contributed by atoms with Gasteiger partial charge in [-0.2, -0.15) is 0 Å². The first-order valence-electron chi connectivity index (χ1n) is 23.1. The highest BCUT2D eigenvalue weighted by molar-refractivity contribution is 5.94. The van der Waals surface area contributed by atoms with Gasteiger partial charge in [0.2, 0.25) is 0 Å². The van der Waals surface area contributed by atoms with Gasteiger partial charge in [0.05, 0.1) is 79.8 Å². The van der Waals surface area contributed by atoms with Crippen molar-refractivity contribution in [1.82, 2.24) is 29.1 Å². The Morgan fingerprint density at radius 2 is 0.676 bits per heavy atom. The maximum Gasteiger partial charge on any atom is 0.0936 e. The zero-order valence-electron chi connectivity index (χ0n) is 36.8. The highest BCUT2D eigenvalue weighted by atomic mass is 15.0. The molecule has 318 valence electrons. The first kappa shape index (κ1) is 38.3. The molecule has 0 saturated carbocycles. The minimum atomic E-state index is -0.974. The monoisotopic (exact) mass is 868 g/mol. The quantitative estimate of drug-likeness (QED) is 0.160. The van der Waals surface area contributed by atoms with E-state index in [0.717, 1.165) is 112 Å². The fourth-order valence-electron chi connectivity index (χ4n) is 11.9. The van der Waals surface area contributed by atoms with Gasteiger partial charge in [0.25, 0.3) is 0 Å². The fourth-order valence-corrected chi connectivity index (χ4v) is 11.9. The largest absolute Gasteiger partial charge is 0.308 e. The predicted octanol–water partition coefficient (Wildman–Crippen LogP) is 13.8. The van der Waals surface area contributed by atoms with Crippen molar-refractivity contribution in [2.75, 3.05) is 0 Å². The molecule has 14 rings (SSSR count). The number of pyridine rings is 4. The van der Waals surface area contributed by atoms with Crippen LogP contribution in [0.1, 0.15) is 33.4 Å². The lowest BCUT2D eigenvalue weighted by molar-refractivity contribution is 0.435. The van der Waals surface area contributed by atoms with Crippen molar-refractivity contribution in [1.29, 1.82) is 0 Å². The van der Waals surface area contributed by atoms with Crippen molar-refractivity contribution in [3.8, 4) is 56.7 Å². The van der Waals surface area contributed by atoms with Gasteiger partial charge in [-0.3, -0.25) is 19.9 Å². The molecule has 2 unspecified atom stereocenters. The van der Waals surface area contributed by atoms with Crippen LogP contribution in [0.5, 0.6) is 0 Å². The van der Waals surface area contributed by atoms with Gasteiger partial charge in [-0.15, -0.1) is 0 Å². The van der Waals surface area contributed by atoms with Crippen molar-refractivity contribution in [3.05, 3.63) is 277 Å². The lowest BCUT2D eigenvalue weighted by Gasteiger charge is -2.50. The molecule has 6 aromatic heterocycles. The van der Waals surface area contributed by atoms with Gasteiger partial charge in [0, 0.05) is 23.2 Å². The van der Waals surface area contributed by atoms with Crippen LogP contribution in [0.25, 0.3) is 78.5 Å². The highest BCUT2D eigenvalue weighted by Crippen LogP contribution is 2.69. The van der Waals surface area contributed by atoms with E-state index in [0.29, 0.717) is 0 Å². The van der Waals surface area contributed by atoms with Crippen LogP contribution in [0.15, 0.2) is 243 Å². The summed E-state index contributed by atoms with van der Waals surface area (Å²) in [7, 11) is 0. The second-order valence-electron chi connectivity index (χ2n) is 17.8. The van der Waals surface area contributed by atoms with E-state index < -0.39 is 10.8 Å². The Hall–Kier alpha value is -9.00. The number of fused-ring (bicyclic) bond motifs is 8. The molecule has 0 saturated heterocycles. The highest BCUT2D eigenvalue weighted by Gasteiger charge is 2.66. The molecule has 0 amide bonds. The average molecular weight is 869 g/mol. The minimum Gasteiger partial charge on any atom is -0.308 e. The molecule has 12 aromatic rings. The van der Waals surface area contributed by atoms with E-state index in [-0.39, 0.29) is 0 Å². The number of rotatable bonds is 7. The SMILES string of the molecule is c1ccc(-c2cc3ccccc3n2-c2cnc3c(c2)C(c2ccccc2)(C2(c4ccccc4)c4cccnc4-c4ncc(-n5c(-c6ccccc6)cc6ccccc65)cc42)c2cccnc2-3)cc1. The Bertz CT molecular complexity index is 3660. The summed E-state index contributed by atoms with van der Waals surface area (Å²) in [5, 5.41) is 2.31. The number of para-hydroxylation sites is 2. The van der Waals surface area contributed by atoms with Crippen LogP contribution in [0.2, 0.25) is 0 Å². The molecule has 6 heteroatoms. The maximum absolute atomic E-state index is 5.55. The summed E-state index contributed by atoms with van der Waals surface area (Å²) in [6.07, 6.45) is 7.88. The van der Waals surface area contributed by atoms with E-state index in [9.17, 15) is 0 Å². The molecular weight excluding hydrogens is 829 g/mol. The van der Waals surface area contributed by atoms with Crippen molar-refractivity contribution in [3.63, 3.8) is 0 Å². The summed E-state index contributed by atoms with van der Waals surface area (Å²) in [5.74, 6) is 0. The van der Waals surface area contributed by atoms with Crippen molar-refractivity contribution in [2.45, 2.75) is 10.8 Å². The van der Waals surface area contributed by atoms with E-state index in [4.69, 9.17) is 19.9 Å². The lowest BCUT2D eigenvalue weighted by atomic mass is 9.49. The zero-order valence-corrected chi connectivity index (χ0v) is 36.8. The van der Waals surface area contributed by atoms with Gasteiger partial charge in [-0.25, -0.2) is 0 Å². The topological polar surface area (TPSA) is 61.4 Å². The summed E-state index contributed by atoms with van der Waals surface area (Å²) in [6.45, 7) is 0. The van der Waals surface area contributed by atoms with Crippen LogP contribution >= 0.6 is 0 Å². The number of benzene rings is 6. The van der Waals surface area contributed by atoms with Gasteiger partial charge >= 0.3 is 0 Å². The third-order valence-electron chi connectivity index (χ3n) is 14.5. The van der Waals surface area contributed by atoms with Crippen molar-refractivity contribution >= 4 is 21.8 Å². The van der Waals surface area contributed by atoms with Crippen LogP contribution in [0.3, 0.4) is 0 Å². The molecule has 6 aromatic carbocycles. The Kier molecular flexibility index (Phi) is 8.31. The molecule has 0 spiro atoms. The molecule has 68 heavy (non-hydrogen) atoms. The average Bonchev–Trinajstić information content (AvgIpc) is 4.16. The van der Waals surface area contributed by atoms with Gasteiger partial charge in [0.1, 0.15) is 0 Å². The zero-order chi connectivity index (χ0) is 44.8. The van der Waals surface area contributed by atoms with Crippen LogP contribution in [-0.4, -0.2) is 29.1 Å². The van der Waals surface area contributed by atoms with Gasteiger partial charge in [-0.1, -0.05) is 170 Å². The summed E-state index contributed by atoms with van der Waals surface area (Å²) >= 11 is 0. The second-order valence-corrected chi connectivity index (χ2v) is 17.8. The maximum atomic E-state index is 5.55. The fraction of sp³-hybridized carbons (Fsp3) is 0.0323.